The van der Waals surface area contributed by atoms with Crippen LogP contribution in [0.3, 0.4) is 0 Å². The minimum atomic E-state index is -0.438. The van der Waals surface area contributed by atoms with Gasteiger partial charge >= 0.3 is 5.97 Å². The maximum absolute atomic E-state index is 11.9. The molecule has 1 aromatic carbocycles. The maximum Gasteiger partial charge on any atom is 0.342 e. The number of aromatic nitrogens is 1. The summed E-state index contributed by atoms with van der Waals surface area (Å²) in [4.78, 5) is 27.7. The van der Waals surface area contributed by atoms with Gasteiger partial charge in [-0.25, -0.2) is 9.78 Å². The molecule has 1 amide bonds. The highest BCUT2D eigenvalue weighted by atomic mass is 16.5. The first-order valence-corrected chi connectivity index (χ1v) is 6.69. The molecule has 1 aromatic heterocycles. The lowest BCUT2D eigenvalue weighted by atomic mass is 10.0. The molecule has 0 aliphatic carbocycles. The molecule has 5 nitrogen and oxygen atoms in total. The quantitative estimate of drug-likeness (QED) is 0.859. The number of fused-ring (bicyclic) bond motifs is 1. The van der Waals surface area contributed by atoms with Crippen LogP contribution >= 0.6 is 0 Å². The van der Waals surface area contributed by atoms with Crippen molar-refractivity contribution in [3.8, 4) is 11.3 Å². The lowest BCUT2D eigenvalue weighted by Crippen LogP contribution is -2.22. The number of rotatable bonds is 2. The summed E-state index contributed by atoms with van der Waals surface area (Å²) in [6, 6.07) is 11.5. The van der Waals surface area contributed by atoms with Gasteiger partial charge in [-0.1, -0.05) is 30.3 Å². The van der Waals surface area contributed by atoms with Crippen LogP contribution in [0.25, 0.3) is 11.3 Å². The fourth-order valence-corrected chi connectivity index (χ4v) is 2.36. The standard InChI is InChI=1S/C16H14N2O3/c1-10(19)17-15-14-12(7-8-21-16(14)20)9-13(18-15)11-5-3-2-4-6-11/h2-6,9H,7-8H2,1H3,(H,17,18,19). The van der Waals surface area contributed by atoms with Crippen LogP contribution in [0.4, 0.5) is 5.82 Å². The minimum absolute atomic E-state index is 0.267. The molecule has 5 heteroatoms. The van der Waals surface area contributed by atoms with Crippen LogP contribution in [-0.4, -0.2) is 23.5 Å². The molecular weight excluding hydrogens is 268 g/mol. The Balaban J connectivity index is 2.16. The Hall–Kier alpha value is -2.69. The zero-order valence-corrected chi connectivity index (χ0v) is 11.6. The monoisotopic (exact) mass is 282 g/mol. The SMILES string of the molecule is CC(=O)Nc1nc(-c2ccccc2)cc2c1C(=O)OCC2. The van der Waals surface area contributed by atoms with Crippen molar-refractivity contribution in [1.29, 1.82) is 0 Å². The molecule has 21 heavy (non-hydrogen) atoms. The average Bonchev–Trinajstić information content (AvgIpc) is 2.47. The number of hydrogen-bond acceptors (Lipinski definition) is 4. The van der Waals surface area contributed by atoms with E-state index in [2.05, 4.69) is 10.3 Å². The molecule has 0 bridgehead atoms. The van der Waals surface area contributed by atoms with Crippen molar-refractivity contribution in [2.24, 2.45) is 0 Å². The smallest absolute Gasteiger partial charge is 0.342 e. The van der Waals surface area contributed by atoms with Gasteiger partial charge in [-0.05, 0) is 11.6 Å². The second kappa shape index (κ2) is 5.36. The number of cyclic esters (lactones) is 1. The number of nitrogens with one attached hydrogen (secondary N) is 1. The molecule has 0 saturated carbocycles. The highest BCUT2D eigenvalue weighted by Gasteiger charge is 2.25. The van der Waals surface area contributed by atoms with E-state index in [1.54, 1.807) is 0 Å². The Morgan fingerprint density at radius 3 is 2.76 bits per heavy atom. The van der Waals surface area contributed by atoms with Gasteiger partial charge in [-0.15, -0.1) is 0 Å². The second-order valence-electron chi connectivity index (χ2n) is 4.82. The highest BCUT2D eigenvalue weighted by Crippen LogP contribution is 2.28. The van der Waals surface area contributed by atoms with Gasteiger partial charge in [0.25, 0.3) is 0 Å². The summed E-state index contributed by atoms with van der Waals surface area (Å²) >= 11 is 0. The molecule has 0 unspecified atom stereocenters. The number of hydrogen-bond donors (Lipinski definition) is 1. The topological polar surface area (TPSA) is 68.3 Å². The molecule has 0 atom stereocenters. The third kappa shape index (κ3) is 2.63. The van der Waals surface area contributed by atoms with E-state index in [9.17, 15) is 9.59 Å². The number of ether oxygens (including phenoxy) is 1. The number of anilines is 1. The number of nitrogens with zero attached hydrogens (tertiary/aromatic N) is 1. The molecule has 2 heterocycles. The fourth-order valence-electron chi connectivity index (χ4n) is 2.36. The van der Waals surface area contributed by atoms with E-state index >= 15 is 0 Å². The van der Waals surface area contributed by atoms with Crippen molar-refractivity contribution in [3.05, 3.63) is 47.5 Å². The van der Waals surface area contributed by atoms with E-state index in [1.807, 2.05) is 36.4 Å². The summed E-state index contributed by atoms with van der Waals surface area (Å²) in [6.07, 6.45) is 0.621. The van der Waals surface area contributed by atoms with Crippen LogP contribution in [0, 0.1) is 0 Å². The van der Waals surface area contributed by atoms with E-state index < -0.39 is 5.97 Å². The number of pyridine rings is 1. The lowest BCUT2D eigenvalue weighted by molar-refractivity contribution is -0.114. The van der Waals surface area contributed by atoms with E-state index in [0.717, 1.165) is 16.8 Å². The molecule has 0 fully saturated rings. The predicted octanol–water partition coefficient (Wildman–Crippen LogP) is 2.42. The maximum atomic E-state index is 11.9. The van der Waals surface area contributed by atoms with Gasteiger partial charge in [-0.3, -0.25) is 4.79 Å². The van der Waals surface area contributed by atoms with Crippen LogP contribution in [0.2, 0.25) is 0 Å². The molecule has 1 aliphatic rings. The summed E-state index contributed by atoms with van der Waals surface area (Å²) in [5.41, 5.74) is 2.87. The van der Waals surface area contributed by atoms with E-state index in [-0.39, 0.29) is 11.7 Å². The van der Waals surface area contributed by atoms with Crippen molar-refractivity contribution in [2.45, 2.75) is 13.3 Å². The van der Waals surface area contributed by atoms with Crippen LogP contribution in [-0.2, 0) is 16.0 Å². The Morgan fingerprint density at radius 2 is 2.05 bits per heavy atom. The largest absolute Gasteiger partial charge is 0.462 e. The summed E-state index contributed by atoms with van der Waals surface area (Å²) in [7, 11) is 0. The lowest BCUT2D eigenvalue weighted by Gasteiger charge is -2.19. The van der Waals surface area contributed by atoms with Crippen molar-refractivity contribution >= 4 is 17.7 Å². The van der Waals surface area contributed by atoms with Crippen LogP contribution in [0.5, 0.6) is 0 Å². The molecule has 0 spiro atoms. The summed E-state index contributed by atoms with van der Waals surface area (Å²) in [5, 5.41) is 2.62. The first-order valence-electron chi connectivity index (χ1n) is 6.69. The van der Waals surface area contributed by atoms with Gasteiger partial charge < -0.3 is 10.1 Å². The molecule has 106 valence electrons. The van der Waals surface area contributed by atoms with Crippen molar-refractivity contribution in [3.63, 3.8) is 0 Å². The number of benzene rings is 1. The van der Waals surface area contributed by atoms with Gasteiger partial charge in [0.1, 0.15) is 11.4 Å². The van der Waals surface area contributed by atoms with Crippen molar-refractivity contribution in [1.82, 2.24) is 4.98 Å². The Morgan fingerprint density at radius 1 is 1.29 bits per heavy atom. The molecule has 0 radical (unpaired) electrons. The molecule has 0 saturated heterocycles. The fraction of sp³-hybridized carbons (Fsp3) is 0.188. The van der Waals surface area contributed by atoms with Gasteiger partial charge in [0, 0.05) is 18.9 Å². The minimum Gasteiger partial charge on any atom is -0.462 e. The van der Waals surface area contributed by atoms with Crippen molar-refractivity contribution < 1.29 is 14.3 Å². The third-order valence-electron chi connectivity index (χ3n) is 3.27. The Labute approximate surface area is 122 Å². The predicted molar refractivity (Wildman–Crippen MR) is 78.0 cm³/mol. The number of amides is 1. The second-order valence-corrected chi connectivity index (χ2v) is 4.82. The zero-order chi connectivity index (χ0) is 14.8. The zero-order valence-electron chi connectivity index (χ0n) is 11.6. The van der Waals surface area contributed by atoms with Gasteiger partial charge in [0.15, 0.2) is 0 Å². The average molecular weight is 282 g/mol. The Bertz CT molecular complexity index is 711. The Kier molecular flexibility index (Phi) is 3.39. The molecular formula is C16H14N2O3. The highest BCUT2D eigenvalue weighted by molar-refractivity contribution is 6.01. The van der Waals surface area contributed by atoms with Gasteiger partial charge in [-0.2, -0.15) is 0 Å². The first kappa shape index (κ1) is 13.3. The van der Waals surface area contributed by atoms with Crippen molar-refractivity contribution in [2.75, 3.05) is 11.9 Å². The van der Waals surface area contributed by atoms with Crippen LogP contribution in [0.15, 0.2) is 36.4 Å². The van der Waals surface area contributed by atoms with Crippen LogP contribution in [0.1, 0.15) is 22.8 Å². The third-order valence-corrected chi connectivity index (χ3v) is 3.27. The van der Waals surface area contributed by atoms with E-state index in [4.69, 9.17) is 4.74 Å². The summed E-state index contributed by atoms with van der Waals surface area (Å²) in [6.45, 7) is 1.74. The summed E-state index contributed by atoms with van der Waals surface area (Å²) in [5.74, 6) is -0.441. The van der Waals surface area contributed by atoms with Gasteiger partial charge in [0.05, 0.1) is 12.3 Å². The first-order chi connectivity index (χ1) is 10.1. The van der Waals surface area contributed by atoms with E-state index in [1.165, 1.54) is 6.92 Å². The number of carbonyl (C=O) groups is 2. The van der Waals surface area contributed by atoms with E-state index in [0.29, 0.717) is 18.6 Å². The molecule has 2 aromatic rings. The normalized spacial score (nSPS) is 13.3. The molecule has 1 N–H and O–H groups in total. The van der Waals surface area contributed by atoms with Crippen LogP contribution < -0.4 is 5.32 Å². The summed E-state index contributed by atoms with van der Waals surface area (Å²) < 4.78 is 5.04. The number of esters is 1. The number of carbonyl (C=O) groups excluding carboxylic acids is 2. The van der Waals surface area contributed by atoms with Gasteiger partial charge in [0.2, 0.25) is 5.91 Å². The molecule has 1 aliphatic heterocycles. The molecule has 3 rings (SSSR count).